The highest BCUT2D eigenvalue weighted by Gasteiger charge is 2.28. The van der Waals surface area contributed by atoms with Gasteiger partial charge in [0, 0.05) is 26.2 Å². The van der Waals surface area contributed by atoms with Crippen molar-refractivity contribution in [1.82, 2.24) is 19.6 Å². The van der Waals surface area contributed by atoms with E-state index in [1.54, 1.807) is 27.7 Å². The first-order chi connectivity index (χ1) is 11.4. The summed E-state index contributed by atoms with van der Waals surface area (Å²) in [6, 6.07) is 0. The summed E-state index contributed by atoms with van der Waals surface area (Å²) in [6.45, 7) is 8.36. The van der Waals surface area contributed by atoms with Crippen LogP contribution in [0.5, 0.6) is 0 Å². The van der Waals surface area contributed by atoms with Crippen LogP contribution in [0.1, 0.15) is 27.7 Å². The van der Waals surface area contributed by atoms with E-state index in [2.05, 4.69) is 0 Å². The Kier molecular flexibility index (Phi) is 7.67. The number of carbonyl (C=O) groups is 4. The van der Waals surface area contributed by atoms with Crippen LogP contribution in [0.15, 0.2) is 0 Å². The third kappa shape index (κ3) is 4.94. The number of hydrogen-bond acceptors (Lipinski definition) is 4. The number of rotatable bonds is 4. The Labute approximate surface area is 143 Å². The predicted octanol–water partition coefficient (Wildman–Crippen LogP) is -0.606. The first-order valence-electron chi connectivity index (χ1n) is 8.48. The van der Waals surface area contributed by atoms with Crippen molar-refractivity contribution in [3.63, 3.8) is 0 Å². The quantitative estimate of drug-likeness (QED) is 0.684. The van der Waals surface area contributed by atoms with Crippen molar-refractivity contribution in [2.45, 2.75) is 27.7 Å². The molecule has 0 aromatic heterocycles. The molecule has 1 saturated heterocycles. The minimum atomic E-state index is -0.257. The van der Waals surface area contributed by atoms with Gasteiger partial charge in [-0.15, -0.1) is 0 Å². The van der Waals surface area contributed by atoms with Crippen molar-refractivity contribution >= 4 is 23.6 Å². The maximum absolute atomic E-state index is 12.4. The lowest BCUT2D eigenvalue weighted by molar-refractivity contribution is -0.149. The fourth-order valence-electron chi connectivity index (χ4n) is 2.56. The first-order valence-corrected chi connectivity index (χ1v) is 8.48. The number of nitrogens with zero attached hydrogens (tertiary/aromatic N) is 4. The van der Waals surface area contributed by atoms with Gasteiger partial charge in [-0.25, -0.2) is 0 Å². The van der Waals surface area contributed by atoms with Gasteiger partial charge in [0.2, 0.25) is 23.6 Å². The lowest BCUT2D eigenvalue weighted by atomic mass is 10.3. The average Bonchev–Trinajstić information content (AvgIpc) is 2.57. The van der Waals surface area contributed by atoms with E-state index in [4.69, 9.17) is 0 Å². The monoisotopic (exact) mass is 340 g/mol. The van der Waals surface area contributed by atoms with Crippen molar-refractivity contribution in [3.8, 4) is 0 Å². The van der Waals surface area contributed by atoms with Gasteiger partial charge in [0.15, 0.2) is 0 Å². The Morgan fingerprint density at radius 1 is 0.500 bits per heavy atom. The maximum atomic E-state index is 12.4. The molecule has 0 bridgehead atoms. The van der Waals surface area contributed by atoms with Gasteiger partial charge in [0.05, 0.1) is 26.2 Å². The molecular formula is C16H28N4O4. The van der Waals surface area contributed by atoms with Crippen LogP contribution in [-0.4, -0.2) is 95.6 Å². The molecule has 0 saturated carbocycles. The van der Waals surface area contributed by atoms with Crippen LogP contribution in [0.2, 0.25) is 0 Å². The van der Waals surface area contributed by atoms with E-state index in [-0.39, 0.29) is 49.8 Å². The second-order valence-electron chi connectivity index (χ2n) is 5.63. The van der Waals surface area contributed by atoms with Gasteiger partial charge in [0.1, 0.15) is 0 Å². The lowest BCUT2D eigenvalue weighted by Gasteiger charge is -2.32. The van der Waals surface area contributed by atoms with Gasteiger partial charge in [-0.1, -0.05) is 0 Å². The van der Waals surface area contributed by atoms with E-state index >= 15 is 0 Å². The van der Waals surface area contributed by atoms with Gasteiger partial charge in [-0.3, -0.25) is 19.2 Å². The zero-order valence-electron chi connectivity index (χ0n) is 15.1. The number of hydrogen-bond donors (Lipinski definition) is 0. The van der Waals surface area contributed by atoms with E-state index in [1.165, 1.54) is 19.6 Å². The molecule has 0 unspecified atom stereocenters. The van der Waals surface area contributed by atoms with Gasteiger partial charge in [0.25, 0.3) is 0 Å². The van der Waals surface area contributed by atoms with Crippen LogP contribution in [0, 0.1) is 0 Å². The van der Waals surface area contributed by atoms with Crippen molar-refractivity contribution < 1.29 is 19.2 Å². The zero-order valence-corrected chi connectivity index (χ0v) is 15.1. The van der Waals surface area contributed by atoms with E-state index in [0.717, 1.165) is 0 Å². The van der Waals surface area contributed by atoms with Crippen molar-refractivity contribution in [3.05, 3.63) is 0 Å². The van der Waals surface area contributed by atoms with Gasteiger partial charge in [-0.2, -0.15) is 0 Å². The molecule has 0 aromatic carbocycles. The molecule has 136 valence electrons. The van der Waals surface area contributed by atoms with Gasteiger partial charge in [-0.05, 0) is 27.7 Å². The van der Waals surface area contributed by atoms with Crippen LogP contribution >= 0.6 is 0 Å². The van der Waals surface area contributed by atoms with Crippen molar-refractivity contribution in [2.75, 3.05) is 52.4 Å². The molecule has 24 heavy (non-hydrogen) atoms. The van der Waals surface area contributed by atoms with Crippen LogP contribution in [0.3, 0.4) is 0 Å². The minimum Gasteiger partial charge on any atom is -0.332 e. The third-order valence-electron chi connectivity index (χ3n) is 4.24. The topological polar surface area (TPSA) is 81.2 Å². The van der Waals surface area contributed by atoms with Crippen molar-refractivity contribution in [2.24, 2.45) is 0 Å². The van der Waals surface area contributed by atoms with Crippen LogP contribution in [-0.2, 0) is 19.2 Å². The van der Waals surface area contributed by atoms with E-state index in [1.807, 2.05) is 0 Å². The van der Waals surface area contributed by atoms with Crippen LogP contribution < -0.4 is 0 Å². The molecule has 0 N–H and O–H groups in total. The summed E-state index contributed by atoms with van der Waals surface area (Å²) in [5.74, 6) is -1.03. The Hall–Kier alpha value is -2.12. The van der Waals surface area contributed by atoms with E-state index in [9.17, 15) is 19.2 Å². The second kappa shape index (κ2) is 9.24. The number of amides is 4. The smallest absolute Gasteiger partial charge is 0.242 e. The lowest BCUT2D eigenvalue weighted by Crippen LogP contribution is -2.53. The molecule has 0 aromatic rings. The number of likely N-dealkylation sites (N-methyl/N-ethyl adjacent to an activating group) is 4. The summed E-state index contributed by atoms with van der Waals surface area (Å²) >= 11 is 0. The summed E-state index contributed by atoms with van der Waals surface area (Å²) in [5.41, 5.74) is 0. The third-order valence-corrected chi connectivity index (χ3v) is 4.24. The van der Waals surface area contributed by atoms with Crippen LogP contribution in [0.4, 0.5) is 0 Å². The molecule has 1 aliphatic heterocycles. The molecule has 4 amide bonds. The molecule has 0 radical (unpaired) electrons. The predicted molar refractivity (Wildman–Crippen MR) is 89.0 cm³/mol. The fourth-order valence-corrected chi connectivity index (χ4v) is 2.56. The molecule has 1 heterocycles. The number of carbonyl (C=O) groups excluding carboxylic acids is 4. The fraction of sp³-hybridized carbons (Fsp3) is 0.750. The Morgan fingerprint density at radius 3 is 0.792 bits per heavy atom. The Morgan fingerprint density at radius 2 is 0.667 bits per heavy atom. The Balaban J connectivity index is 3.11. The minimum absolute atomic E-state index is 0.0751. The normalized spacial score (nSPS) is 18.8. The molecule has 0 atom stereocenters. The SMILES string of the molecule is CCN1CC(=O)N(CC)CC(=O)N(CC)CC(=O)N(CC)CC1=O. The molecular weight excluding hydrogens is 312 g/mol. The van der Waals surface area contributed by atoms with Crippen molar-refractivity contribution in [1.29, 1.82) is 0 Å². The maximum Gasteiger partial charge on any atom is 0.242 e. The Bertz CT molecular complexity index is 406. The highest BCUT2D eigenvalue weighted by molar-refractivity contribution is 5.93. The largest absolute Gasteiger partial charge is 0.332 e. The molecule has 1 rings (SSSR count). The molecule has 8 nitrogen and oxygen atoms in total. The highest BCUT2D eigenvalue weighted by atomic mass is 16.2. The van der Waals surface area contributed by atoms with Gasteiger partial charge < -0.3 is 19.6 Å². The molecule has 0 aliphatic carbocycles. The van der Waals surface area contributed by atoms with Crippen LogP contribution in [0.25, 0.3) is 0 Å². The van der Waals surface area contributed by atoms with E-state index < -0.39 is 0 Å². The summed E-state index contributed by atoms with van der Waals surface area (Å²) in [6.07, 6.45) is 0. The second-order valence-corrected chi connectivity index (χ2v) is 5.63. The van der Waals surface area contributed by atoms with E-state index in [0.29, 0.717) is 26.2 Å². The molecule has 1 aliphatic rings. The standard InChI is InChI=1S/C16H28N4O4/c1-5-17-9-14(22)19(7-3)11-16(24)20(8-4)12-15(23)18(6-2)10-13(17)21/h5-12H2,1-4H3. The zero-order chi connectivity index (χ0) is 18.3. The average molecular weight is 340 g/mol. The first kappa shape index (κ1) is 19.9. The molecule has 8 heteroatoms. The molecule has 0 spiro atoms. The summed E-state index contributed by atoms with van der Waals surface area (Å²) < 4.78 is 0. The van der Waals surface area contributed by atoms with Gasteiger partial charge >= 0.3 is 0 Å². The summed E-state index contributed by atoms with van der Waals surface area (Å²) in [7, 11) is 0. The summed E-state index contributed by atoms with van der Waals surface area (Å²) in [4.78, 5) is 55.3. The highest BCUT2D eigenvalue weighted by Crippen LogP contribution is 2.04. The summed E-state index contributed by atoms with van der Waals surface area (Å²) in [5, 5.41) is 0. The molecule has 1 fully saturated rings.